The first-order valence-corrected chi connectivity index (χ1v) is 34.3. The second kappa shape index (κ2) is 69.8. The molecule has 0 bridgehead atoms. The molecule has 0 N–H and O–H groups in total. The lowest BCUT2D eigenvalue weighted by atomic mass is 10.0. The SMILES string of the molecule is CC/C=C\C/C=C\C/C=C\C/C=C\C/C=C\C/C=C\CCCCCCC(=O)OC(COC(=O)CCCCCCC/C=C\CCCCCCCC)COC(=O)CCCCCCCCCCCCC/C=C\C/C=C\C/C=C\C/C=C\C/C=C\CC. The van der Waals surface area contributed by atoms with Crippen LogP contribution in [-0.2, 0) is 28.6 Å². The van der Waals surface area contributed by atoms with Crippen LogP contribution < -0.4 is 0 Å². The number of esters is 3. The summed E-state index contributed by atoms with van der Waals surface area (Å²) in [6, 6.07) is 0. The van der Waals surface area contributed by atoms with Crippen LogP contribution in [0.3, 0.4) is 0 Å². The molecule has 0 radical (unpaired) electrons. The zero-order valence-corrected chi connectivity index (χ0v) is 53.9. The Labute approximate surface area is 512 Å². The number of allylic oxidation sites excluding steroid dienone is 24. The summed E-state index contributed by atoms with van der Waals surface area (Å²) in [5.41, 5.74) is 0. The van der Waals surface area contributed by atoms with Gasteiger partial charge >= 0.3 is 17.9 Å². The molecule has 0 spiro atoms. The molecule has 0 saturated heterocycles. The maximum absolute atomic E-state index is 12.9. The molecular weight excluding hydrogens is 1020 g/mol. The van der Waals surface area contributed by atoms with Crippen molar-refractivity contribution in [1.29, 1.82) is 0 Å². The Bertz CT molecular complexity index is 1800. The topological polar surface area (TPSA) is 78.9 Å². The van der Waals surface area contributed by atoms with Crippen molar-refractivity contribution in [2.45, 2.75) is 309 Å². The van der Waals surface area contributed by atoms with Gasteiger partial charge in [0.25, 0.3) is 0 Å². The third kappa shape index (κ3) is 68.0. The molecule has 1 atom stereocenters. The minimum Gasteiger partial charge on any atom is -0.462 e. The average Bonchev–Trinajstić information content (AvgIpc) is 3.49. The predicted molar refractivity (Wildman–Crippen MR) is 362 cm³/mol. The fourth-order valence-electron chi connectivity index (χ4n) is 9.23. The van der Waals surface area contributed by atoms with Crippen molar-refractivity contribution in [3.05, 3.63) is 146 Å². The molecule has 0 aliphatic carbocycles. The Hall–Kier alpha value is -4.71. The van der Waals surface area contributed by atoms with Crippen LogP contribution in [0.25, 0.3) is 0 Å². The molecule has 6 nitrogen and oxygen atoms in total. The summed E-state index contributed by atoms with van der Waals surface area (Å²) < 4.78 is 16.9. The van der Waals surface area contributed by atoms with E-state index in [0.717, 1.165) is 154 Å². The highest BCUT2D eigenvalue weighted by molar-refractivity contribution is 5.71. The number of carbonyl (C=O) groups is 3. The number of ether oxygens (including phenoxy) is 3. The Morgan fingerprint density at radius 2 is 0.470 bits per heavy atom. The van der Waals surface area contributed by atoms with Gasteiger partial charge in [-0.2, -0.15) is 0 Å². The van der Waals surface area contributed by atoms with E-state index in [2.05, 4.69) is 167 Å². The molecule has 470 valence electrons. The molecule has 1 unspecified atom stereocenters. The number of hydrogen-bond acceptors (Lipinski definition) is 6. The lowest BCUT2D eigenvalue weighted by Gasteiger charge is -2.18. The van der Waals surface area contributed by atoms with E-state index in [1.807, 2.05) is 0 Å². The van der Waals surface area contributed by atoms with Gasteiger partial charge in [0.15, 0.2) is 6.10 Å². The molecule has 0 amide bonds. The van der Waals surface area contributed by atoms with Gasteiger partial charge in [0.1, 0.15) is 13.2 Å². The number of rotatable bonds is 61. The van der Waals surface area contributed by atoms with Gasteiger partial charge in [-0.3, -0.25) is 14.4 Å². The summed E-state index contributed by atoms with van der Waals surface area (Å²) in [7, 11) is 0. The van der Waals surface area contributed by atoms with Gasteiger partial charge in [-0.25, -0.2) is 0 Å². The zero-order valence-electron chi connectivity index (χ0n) is 53.9. The molecule has 0 saturated carbocycles. The molecule has 0 aromatic rings. The summed E-state index contributed by atoms with van der Waals surface area (Å²) >= 11 is 0. The largest absolute Gasteiger partial charge is 0.462 e. The summed E-state index contributed by atoms with van der Waals surface area (Å²) in [4.78, 5) is 38.4. The van der Waals surface area contributed by atoms with Crippen molar-refractivity contribution in [3.63, 3.8) is 0 Å². The fraction of sp³-hybridized carbons (Fsp3) is 0.649. The minimum absolute atomic E-state index is 0.0966. The van der Waals surface area contributed by atoms with Crippen molar-refractivity contribution < 1.29 is 28.6 Å². The van der Waals surface area contributed by atoms with Gasteiger partial charge in [0, 0.05) is 19.3 Å². The molecule has 0 heterocycles. The molecule has 0 aromatic carbocycles. The van der Waals surface area contributed by atoms with Gasteiger partial charge < -0.3 is 14.2 Å². The maximum atomic E-state index is 12.9. The van der Waals surface area contributed by atoms with Crippen LogP contribution in [-0.4, -0.2) is 37.2 Å². The molecule has 0 aliphatic heterocycles. The van der Waals surface area contributed by atoms with E-state index in [1.165, 1.54) is 109 Å². The molecule has 6 heteroatoms. The third-order valence-corrected chi connectivity index (χ3v) is 14.3. The Morgan fingerprint density at radius 1 is 0.253 bits per heavy atom. The molecule has 83 heavy (non-hydrogen) atoms. The van der Waals surface area contributed by atoms with Gasteiger partial charge in [-0.15, -0.1) is 0 Å². The second-order valence-electron chi connectivity index (χ2n) is 22.3. The van der Waals surface area contributed by atoms with Crippen LogP contribution in [0.4, 0.5) is 0 Å². The second-order valence-corrected chi connectivity index (χ2v) is 22.3. The maximum Gasteiger partial charge on any atom is 0.306 e. The Kier molecular flexibility index (Phi) is 65.8. The Morgan fingerprint density at radius 3 is 0.747 bits per heavy atom. The summed E-state index contributed by atoms with van der Waals surface area (Å²) in [5.74, 6) is -0.928. The molecule has 0 aliphatic rings. The van der Waals surface area contributed by atoms with Crippen LogP contribution >= 0.6 is 0 Å². The average molecular weight is 1150 g/mol. The van der Waals surface area contributed by atoms with Crippen molar-refractivity contribution in [1.82, 2.24) is 0 Å². The first-order valence-electron chi connectivity index (χ1n) is 34.3. The quantitative estimate of drug-likeness (QED) is 0.0261. The van der Waals surface area contributed by atoms with E-state index >= 15 is 0 Å². The van der Waals surface area contributed by atoms with E-state index in [-0.39, 0.29) is 31.1 Å². The van der Waals surface area contributed by atoms with Crippen molar-refractivity contribution >= 4 is 17.9 Å². The van der Waals surface area contributed by atoms with Gasteiger partial charge in [0.2, 0.25) is 0 Å². The highest BCUT2D eigenvalue weighted by Gasteiger charge is 2.19. The third-order valence-electron chi connectivity index (χ3n) is 14.3. The number of unbranched alkanes of at least 4 members (excludes halogenated alkanes) is 26. The Balaban J connectivity index is 4.42. The molecule has 0 fully saturated rings. The van der Waals surface area contributed by atoms with Gasteiger partial charge in [-0.1, -0.05) is 289 Å². The van der Waals surface area contributed by atoms with Crippen LogP contribution in [0.15, 0.2) is 146 Å². The minimum atomic E-state index is -0.804. The van der Waals surface area contributed by atoms with E-state index in [9.17, 15) is 14.4 Å². The standard InChI is InChI=1S/C77H126O6/c1-4-7-10-13-16-19-22-25-28-30-32-34-36-37-38-39-41-42-44-46-49-52-55-58-61-64-67-70-76(79)82-73-74(72-81-75(78)69-66-63-60-57-54-51-48-27-24-21-18-15-12-9-6-3)83-77(80)71-68-65-62-59-56-53-50-47-45-43-40-35-33-31-29-26-23-20-17-14-11-8-5-2/h7-8,10-11,16-17,19-20,25-29,32-35,37-38,43,45,48,50,53,74H,4-6,9,12-15,18,21-24,30-31,36,39-42,44,46-47,49,51-52,54-73H2,1-3H3/b10-7-,11-8-,19-16-,20-17-,28-25-,29-26-,34-32-,35-33-,38-37-,45-43-,48-27-,53-50-. The van der Waals surface area contributed by atoms with Crippen molar-refractivity contribution in [3.8, 4) is 0 Å². The van der Waals surface area contributed by atoms with Crippen LogP contribution in [0, 0.1) is 0 Å². The highest BCUT2D eigenvalue weighted by Crippen LogP contribution is 2.16. The molecular formula is C77H126O6. The van der Waals surface area contributed by atoms with Crippen LogP contribution in [0.2, 0.25) is 0 Å². The van der Waals surface area contributed by atoms with E-state index in [0.29, 0.717) is 19.3 Å². The normalized spacial score (nSPS) is 13.0. The van der Waals surface area contributed by atoms with E-state index in [1.54, 1.807) is 0 Å². The molecule has 0 rings (SSSR count). The predicted octanol–water partition coefficient (Wildman–Crippen LogP) is 23.9. The van der Waals surface area contributed by atoms with E-state index in [4.69, 9.17) is 14.2 Å². The van der Waals surface area contributed by atoms with Crippen molar-refractivity contribution in [2.24, 2.45) is 0 Å². The first-order chi connectivity index (χ1) is 41.0. The van der Waals surface area contributed by atoms with Crippen molar-refractivity contribution in [2.75, 3.05) is 13.2 Å². The fourth-order valence-corrected chi connectivity index (χ4v) is 9.23. The first kappa shape index (κ1) is 78.3. The van der Waals surface area contributed by atoms with Crippen LogP contribution in [0.1, 0.15) is 303 Å². The monoisotopic (exact) mass is 1150 g/mol. The summed E-state index contributed by atoms with van der Waals surface area (Å²) in [5, 5.41) is 0. The van der Waals surface area contributed by atoms with Crippen LogP contribution in [0.5, 0.6) is 0 Å². The summed E-state index contributed by atoms with van der Waals surface area (Å²) in [6.45, 7) is 6.39. The smallest absolute Gasteiger partial charge is 0.306 e. The lowest BCUT2D eigenvalue weighted by molar-refractivity contribution is -0.167. The molecule has 0 aromatic heterocycles. The lowest BCUT2D eigenvalue weighted by Crippen LogP contribution is -2.30. The summed E-state index contributed by atoms with van der Waals surface area (Å²) in [6.07, 6.45) is 100.0. The number of hydrogen-bond donors (Lipinski definition) is 0. The van der Waals surface area contributed by atoms with E-state index < -0.39 is 6.10 Å². The van der Waals surface area contributed by atoms with Gasteiger partial charge in [0.05, 0.1) is 0 Å². The van der Waals surface area contributed by atoms with Gasteiger partial charge in [-0.05, 0) is 141 Å². The zero-order chi connectivity index (χ0) is 59.9. The highest BCUT2D eigenvalue weighted by atomic mass is 16.6. The number of carbonyl (C=O) groups excluding carboxylic acids is 3.